The van der Waals surface area contributed by atoms with Gasteiger partial charge in [-0.15, -0.1) is 0 Å². The molecule has 0 aromatic rings. The fraction of sp³-hybridized carbons (Fsp3) is 1.00. The molecule has 0 unspecified atom stereocenters. The van der Waals surface area contributed by atoms with Gasteiger partial charge < -0.3 is 4.12 Å². The molecule has 102 valence electrons. The Bertz CT molecular complexity index is 184. The molecule has 0 saturated carbocycles. The van der Waals surface area contributed by atoms with Gasteiger partial charge in [0.2, 0.25) is 0 Å². The van der Waals surface area contributed by atoms with Crippen molar-refractivity contribution in [2.75, 3.05) is 0 Å². The fourth-order valence-corrected chi connectivity index (χ4v) is 18.7. The summed E-state index contributed by atoms with van der Waals surface area (Å²) >= 11 is 0. The molecule has 1 saturated heterocycles. The van der Waals surface area contributed by atoms with Gasteiger partial charge in [-0.25, -0.2) is 0 Å². The minimum atomic E-state index is -1.28. The highest BCUT2D eigenvalue weighted by molar-refractivity contribution is 6.91. The Morgan fingerprint density at radius 1 is 0.647 bits per heavy atom. The second-order valence-corrected chi connectivity index (χ2v) is 14.5. The lowest BCUT2D eigenvalue weighted by atomic mass is 10.6. The van der Waals surface area contributed by atoms with Gasteiger partial charge in [0.15, 0.2) is 16.6 Å². The van der Waals surface area contributed by atoms with Crippen molar-refractivity contribution < 1.29 is 4.12 Å². The lowest BCUT2D eigenvalue weighted by Crippen LogP contribution is -2.42. The van der Waals surface area contributed by atoms with Crippen LogP contribution in [0.5, 0.6) is 0 Å². The van der Waals surface area contributed by atoms with Crippen LogP contribution in [0.1, 0.15) is 53.4 Å². The van der Waals surface area contributed by atoms with Crippen molar-refractivity contribution in [3.05, 3.63) is 0 Å². The highest BCUT2D eigenvalue weighted by Gasteiger charge is 2.50. The monoisotopic (exact) mass is 272 g/mol. The average molecular weight is 273 g/mol. The zero-order valence-corrected chi connectivity index (χ0v) is 14.5. The number of hydrogen-bond acceptors (Lipinski definition) is 1. The maximum Gasteiger partial charge on any atom is 0.179 e. The van der Waals surface area contributed by atoms with Crippen molar-refractivity contribution in [2.45, 2.75) is 89.6 Å². The molecular formula is C14H32OSi2. The summed E-state index contributed by atoms with van der Waals surface area (Å²) in [6.45, 7) is 9.37. The molecule has 0 spiro atoms. The third-order valence-corrected chi connectivity index (χ3v) is 16.2. The summed E-state index contributed by atoms with van der Waals surface area (Å²) in [5.74, 6) is 0. The molecule has 1 rings (SSSR count). The molecule has 17 heavy (non-hydrogen) atoms. The third kappa shape index (κ3) is 3.93. The van der Waals surface area contributed by atoms with E-state index in [0.29, 0.717) is 0 Å². The molecule has 0 bridgehead atoms. The summed E-state index contributed by atoms with van der Waals surface area (Å²) in [7, 11) is -2.56. The topological polar surface area (TPSA) is 9.23 Å². The van der Waals surface area contributed by atoms with Crippen LogP contribution >= 0.6 is 0 Å². The van der Waals surface area contributed by atoms with Crippen LogP contribution in [0.3, 0.4) is 0 Å². The van der Waals surface area contributed by atoms with Gasteiger partial charge in [-0.1, -0.05) is 53.4 Å². The molecule has 0 aromatic heterocycles. The van der Waals surface area contributed by atoms with Crippen LogP contribution in [0.2, 0.25) is 36.3 Å². The Morgan fingerprint density at radius 2 is 0.941 bits per heavy atom. The van der Waals surface area contributed by atoms with E-state index in [1.54, 1.807) is 0 Å². The van der Waals surface area contributed by atoms with E-state index in [9.17, 15) is 0 Å². The summed E-state index contributed by atoms with van der Waals surface area (Å²) in [5.41, 5.74) is 0. The standard InChI is InChI=1S/C14H32OSi2/c1-5-9-16(10-6-2)13-14-17(15-16,11-7-3)12-8-4/h5-14H2,1-4H3. The fourth-order valence-electron chi connectivity index (χ4n) is 3.79. The molecule has 1 fully saturated rings. The maximum absolute atomic E-state index is 6.98. The van der Waals surface area contributed by atoms with E-state index in [1.165, 1.54) is 61.9 Å². The van der Waals surface area contributed by atoms with Gasteiger partial charge >= 0.3 is 0 Å². The minimum Gasteiger partial charge on any atom is -0.455 e. The van der Waals surface area contributed by atoms with E-state index in [-0.39, 0.29) is 0 Å². The molecule has 1 aliphatic heterocycles. The highest BCUT2D eigenvalue weighted by Crippen LogP contribution is 2.44. The van der Waals surface area contributed by atoms with E-state index in [2.05, 4.69) is 27.7 Å². The molecule has 1 aliphatic rings. The smallest absolute Gasteiger partial charge is 0.179 e. The molecule has 0 radical (unpaired) electrons. The zero-order valence-electron chi connectivity index (χ0n) is 12.5. The summed E-state index contributed by atoms with van der Waals surface area (Å²) in [4.78, 5) is 0. The number of rotatable bonds is 8. The van der Waals surface area contributed by atoms with Crippen molar-refractivity contribution >= 4 is 16.6 Å². The highest BCUT2D eigenvalue weighted by atomic mass is 28.4. The van der Waals surface area contributed by atoms with Crippen LogP contribution in [0.4, 0.5) is 0 Å². The first-order valence-electron chi connectivity index (χ1n) is 7.86. The second-order valence-electron chi connectivity index (χ2n) is 5.97. The van der Waals surface area contributed by atoms with Crippen molar-refractivity contribution in [3.63, 3.8) is 0 Å². The summed E-state index contributed by atoms with van der Waals surface area (Å²) in [6, 6.07) is 8.74. The summed E-state index contributed by atoms with van der Waals surface area (Å²) in [6.07, 6.45) is 5.37. The van der Waals surface area contributed by atoms with E-state index in [0.717, 1.165) is 0 Å². The van der Waals surface area contributed by atoms with Crippen molar-refractivity contribution in [2.24, 2.45) is 0 Å². The predicted octanol–water partition coefficient (Wildman–Crippen LogP) is 5.55. The number of hydrogen-bond donors (Lipinski definition) is 0. The lowest BCUT2D eigenvalue weighted by Gasteiger charge is -2.33. The van der Waals surface area contributed by atoms with Gasteiger partial charge in [-0.05, 0) is 36.3 Å². The van der Waals surface area contributed by atoms with E-state index in [1.807, 2.05) is 0 Å². The Kier molecular flexibility index (Phi) is 6.45. The van der Waals surface area contributed by atoms with E-state index >= 15 is 0 Å². The molecule has 3 heteroatoms. The minimum absolute atomic E-state index is 1.28. The molecule has 0 atom stereocenters. The van der Waals surface area contributed by atoms with Gasteiger partial charge in [-0.3, -0.25) is 0 Å². The van der Waals surface area contributed by atoms with Crippen molar-refractivity contribution in [1.82, 2.24) is 0 Å². The molecular weight excluding hydrogens is 240 g/mol. The first-order chi connectivity index (χ1) is 8.16. The summed E-state index contributed by atoms with van der Waals surface area (Å²) in [5, 5.41) is 0. The Morgan fingerprint density at radius 3 is 1.18 bits per heavy atom. The normalized spacial score (nSPS) is 21.9. The van der Waals surface area contributed by atoms with Gasteiger partial charge in [0.05, 0.1) is 0 Å². The molecule has 0 amide bonds. The largest absolute Gasteiger partial charge is 0.455 e. The van der Waals surface area contributed by atoms with E-state index in [4.69, 9.17) is 4.12 Å². The summed E-state index contributed by atoms with van der Waals surface area (Å²) < 4.78 is 6.98. The lowest BCUT2D eigenvalue weighted by molar-refractivity contribution is 0.526. The van der Waals surface area contributed by atoms with Crippen LogP contribution < -0.4 is 0 Å². The molecule has 0 aromatic carbocycles. The van der Waals surface area contributed by atoms with Gasteiger partial charge in [0.25, 0.3) is 0 Å². The van der Waals surface area contributed by atoms with Crippen molar-refractivity contribution in [3.8, 4) is 0 Å². The second kappa shape index (κ2) is 7.10. The van der Waals surface area contributed by atoms with Crippen molar-refractivity contribution in [1.29, 1.82) is 0 Å². The van der Waals surface area contributed by atoms with Gasteiger partial charge in [0.1, 0.15) is 0 Å². The van der Waals surface area contributed by atoms with Crippen LogP contribution in [0.15, 0.2) is 0 Å². The molecule has 1 heterocycles. The maximum atomic E-state index is 6.98. The van der Waals surface area contributed by atoms with Crippen LogP contribution in [-0.4, -0.2) is 16.6 Å². The van der Waals surface area contributed by atoms with Crippen LogP contribution in [0.25, 0.3) is 0 Å². The van der Waals surface area contributed by atoms with E-state index < -0.39 is 16.6 Å². The third-order valence-electron chi connectivity index (χ3n) is 4.29. The quantitative estimate of drug-likeness (QED) is 0.527. The molecule has 0 aliphatic carbocycles. The van der Waals surface area contributed by atoms with Crippen LogP contribution in [-0.2, 0) is 4.12 Å². The molecule has 1 nitrogen and oxygen atoms in total. The molecule has 0 N–H and O–H groups in total. The van der Waals surface area contributed by atoms with Gasteiger partial charge in [0, 0.05) is 0 Å². The predicted molar refractivity (Wildman–Crippen MR) is 82.6 cm³/mol. The van der Waals surface area contributed by atoms with Gasteiger partial charge in [-0.2, -0.15) is 0 Å². The Balaban J connectivity index is 2.72. The zero-order chi connectivity index (χ0) is 12.8. The Labute approximate surface area is 111 Å². The SMILES string of the molecule is CCC[Si]1(CCC)CC[Si](CCC)(CCC)O1. The average Bonchev–Trinajstić information content (AvgIpc) is 2.60. The first-order valence-corrected chi connectivity index (χ1v) is 12.9. The Hall–Kier alpha value is 0.394. The van der Waals surface area contributed by atoms with Crippen LogP contribution in [0, 0.1) is 0 Å². The first kappa shape index (κ1) is 15.5.